The molecule has 0 spiro atoms. The largest absolute Gasteiger partial charge is 0.416 e. The van der Waals surface area contributed by atoms with E-state index in [-0.39, 0.29) is 0 Å². The Morgan fingerprint density at radius 1 is 1.29 bits per heavy atom. The molecule has 1 rings (SSSR count). The quantitative estimate of drug-likeness (QED) is 0.755. The first-order valence-electron chi connectivity index (χ1n) is 6.79. The number of halogens is 3. The molecular weight excluding hydrogens is 283 g/mol. The van der Waals surface area contributed by atoms with Crippen LogP contribution in [0.2, 0.25) is 0 Å². The van der Waals surface area contributed by atoms with Crippen LogP contribution in [-0.2, 0) is 6.18 Å². The first kappa shape index (κ1) is 17.3. The lowest BCUT2D eigenvalue weighted by atomic mass is 10.0. The molecule has 7 heteroatoms. The van der Waals surface area contributed by atoms with Crippen LogP contribution in [0, 0.1) is 5.92 Å². The third-order valence-corrected chi connectivity index (χ3v) is 3.17. The summed E-state index contributed by atoms with van der Waals surface area (Å²) >= 11 is 0. The molecular formula is C14H20F3N3O. The van der Waals surface area contributed by atoms with Crippen molar-refractivity contribution in [1.29, 1.82) is 0 Å². The molecule has 4 N–H and O–H groups in total. The summed E-state index contributed by atoms with van der Waals surface area (Å²) < 4.78 is 37.2. The van der Waals surface area contributed by atoms with Crippen molar-refractivity contribution in [3.63, 3.8) is 0 Å². The third kappa shape index (κ3) is 6.03. The molecule has 0 aliphatic heterocycles. The van der Waals surface area contributed by atoms with Gasteiger partial charge in [-0.1, -0.05) is 13.3 Å². The van der Waals surface area contributed by atoms with E-state index in [2.05, 4.69) is 10.6 Å². The molecule has 0 aliphatic rings. The van der Waals surface area contributed by atoms with Gasteiger partial charge in [0.05, 0.1) is 5.56 Å². The van der Waals surface area contributed by atoms with Crippen LogP contribution in [0.1, 0.15) is 25.3 Å². The first-order chi connectivity index (χ1) is 9.86. The van der Waals surface area contributed by atoms with E-state index in [4.69, 9.17) is 5.73 Å². The zero-order valence-electron chi connectivity index (χ0n) is 11.8. The Bertz CT molecular complexity index is 446. The Hall–Kier alpha value is -1.76. The average molecular weight is 303 g/mol. The molecule has 0 aliphatic carbocycles. The minimum absolute atomic E-state index is 0.299. The highest BCUT2D eigenvalue weighted by molar-refractivity contribution is 5.89. The summed E-state index contributed by atoms with van der Waals surface area (Å²) in [4.78, 5) is 11.6. The van der Waals surface area contributed by atoms with Gasteiger partial charge in [0.1, 0.15) is 0 Å². The average Bonchev–Trinajstić information content (AvgIpc) is 2.43. The fourth-order valence-corrected chi connectivity index (χ4v) is 1.84. The standard InChI is InChI=1S/C14H20F3N3O/c1-2-10(7-8-18)9-19-13(21)20-12-5-3-11(4-6-12)14(15,16)17/h3-6,10H,2,7-9,18H2,1H3,(H2,19,20,21). The van der Waals surface area contributed by atoms with E-state index < -0.39 is 17.8 Å². The Morgan fingerprint density at radius 2 is 1.90 bits per heavy atom. The zero-order valence-corrected chi connectivity index (χ0v) is 11.8. The van der Waals surface area contributed by atoms with E-state index in [1.165, 1.54) is 12.1 Å². The maximum Gasteiger partial charge on any atom is 0.416 e. The predicted molar refractivity (Wildman–Crippen MR) is 75.9 cm³/mol. The fourth-order valence-electron chi connectivity index (χ4n) is 1.84. The van der Waals surface area contributed by atoms with Crippen molar-refractivity contribution in [2.24, 2.45) is 11.7 Å². The van der Waals surface area contributed by atoms with Crippen molar-refractivity contribution in [3.05, 3.63) is 29.8 Å². The van der Waals surface area contributed by atoms with Gasteiger partial charge in [-0.05, 0) is 43.1 Å². The van der Waals surface area contributed by atoms with Crippen LogP contribution in [0.25, 0.3) is 0 Å². The normalized spacial score (nSPS) is 12.8. The Kier molecular flexibility index (Phi) is 6.48. The topological polar surface area (TPSA) is 67.1 Å². The molecule has 1 unspecified atom stereocenters. The monoisotopic (exact) mass is 303 g/mol. The summed E-state index contributed by atoms with van der Waals surface area (Å²) in [6, 6.07) is 3.86. The van der Waals surface area contributed by atoms with Crippen LogP contribution in [0.3, 0.4) is 0 Å². The second kappa shape index (κ2) is 7.87. The van der Waals surface area contributed by atoms with Crippen molar-refractivity contribution in [2.45, 2.75) is 25.9 Å². The molecule has 21 heavy (non-hydrogen) atoms. The number of hydrogen-bond donors (Lipinski definition) is 3. The summed E-state index contributed by atoms with van der Waals surface area (Å²) in [5.74, 6) is 0.299. The number of benzene rings is 1. The highest BCUT2D eigenvalue weighted by Crippen LogP contribution is 2.29. The van der Waals surface area contributed by atoms with E-state index in [9.17, 15) is 18.0 Å². The number of alkyl halides is 3. The lowest BCUT2D eigenvalue weighted by Gasteiger charge is -2.15. The third-order valence-electron chi connectivity index (χ3n) is 3.17. The molecule has 0 bridgehead atoms. The molecule has 1 aromatic rings. The van der Waals surface area contributed by atoms with Crippen molar-refractivity contribution >= 4 is 11.7 Å². The molecule has 0 heterocycles. The van der Waals surface area contributed by atoms with Crippen molar-refractivity contribution in [1.82, 2.24) is 5.32 Å². The second-order valence-corrected chi connectivity index (χ2v) is 4.76. The first-order valence-corrected chi connectivity index (χ1v) is 6.79. The van der Waals surface area contributed by atoms with Gasteiger partial charge in [-0.25, -0.2) is 4.79 Å². The lowest BCUT2D eigenvalue weighted by Crippen LogP contribution is -2.33. The Morgan fingerprint density at radius 3 is 2.38 bits per heavy atom. The van der Waals surface area contributed by atoms with Crippen molar-refractivity contribution < 1.29 is 18.0 Å². The van der Waals surface area contributed by atoms with E-state index in [1.54, 1.807) is 0 Å². The zero-order chi connectivity index (χ0) is 15.9. The van der Waals surface area contributed by atoms with Gasteiger partial charge in [-0.15, -0.1) is 0 Å². The van der Waals surface area contributed by atoms with E-state index in [0.29, 0.717) is 24.7 Å². The number of nitrogens with two attached hydrogens (primary N) is 1. The van der Waals surface area contributed by atoms with Gasteiger partial charge in [-0.3, -0.25) is 0 Å². The minimum Gasteiger partial charge on any atom is -0.338 e. The van der Waals surface area contributed by atoms with E-state index in [0.717, 1.165) is 25.0 Å². The smallest absolute Gasteiger partial charge is 0.338 e. The van der Waals surface area contributed by atoms with Crippen LogP contribution >= 0.6 is 0 Å². The number of rotatable bonds is 6. The number of urea groups is 1. The molecule has 1 aromatic carbocycles. The number of nitrogens with one attached hydrogen (secondary N) is 2. The molecule has 0 saturated heterocycles. The molecule has 0 aromatic heterocycles. The van der Waals surface area contributed by atoms with Gasteiger partial charge in [-0.2, -0.15) is 13.2 Å². The van der Waals surface area contributed by atoms with Gasteiger partial charge in [0.2, 0.25) is 0 Å². The highest BCUT2D eigenvalue weighted by atomic mass is 19.4. The molecule has 4 nitrogen and oxygen atoms in total. The van der Waals surface area contributed by atoms with Crippen molar-refractivity contribution in [2.75, 3.05) is 18.4 Å². The van der Waals surface area contributed by atoms with Crippen molar-refractivity contribution in [3.8, 4) is 0 Å². The molecule has 0 radical (unpaired) electrons. The van der Waals surface area contributed by atoms with Gasteiger partial charge in [0, 0.05) is 12.2 Å². The van der Waals surface area contributed by atoms with Gasteiger partial charge < -0.3 is 16.4 Å². The Balaban J connectivity index is 2.48. The van der Waals surface area contributed by atoms with Gasteiger partial charge in [0.25, 0.3) is 0 Å². The number of anilines is 1. The summed E-state index contributed by atoms with van der Waals surface area (Å²) in [7, 11) is 0. The fraction of sp³-hybridized carbons (Fsp3) is 0.500. The lowest BCUT2D eigenvalue weighted by molar-refractivity contribution is -0.137. The van der Waals surface area contributed by atoms with E-state index in [1.807, 2.05) is 6.92 Å². The highest BCUT2D eigenvalue weighted by Gasteiger charge is 2.29. The summed E-state index contributed by atoms with van der Waals surface area (Å²) in [6.07, 6.45) is -2.66. The summed E-state index contributed by atoms with van der Waals surface area (Å²) in [5, 5.41) is 5.18. The number of carbonyl (C=O) groups excluding carboxylic acids is 1. The van der Waals surface area contributed by atoms with Crippen LogP contribution in [0.5, 0.6) is 0 Å². The number of amides is 2. The maximum atomic E-state index is 12.4. The maximum absolute atomic E-state index is 12.4. The molecule has 1 atom stereocenters. The molecule has 0 fully saturated rings. The molecule has 118 valence electrons. The van der Waals surface area contributed by atoms with Crippen LogP contribution in [0.15, 0.2) is 24.3 Å². The number of carbonyl (C=O) groups is 1. The van der Waals surface area contributed by atoms with Gasteiger partial charge in [0.15, 0.2) is 0 Å². The second-order valence-electron chi connectivity index (χ2n) is 4.76. The SMILES string of the molecule is CCC(CCN)CNC(=O)Nc1ccc(C(F)(F)F)cc1. The van der Waals surface area contributed by atoms with Crippen LogP contribution in [-0.4, -0.2) is 19.1 Å². The van der Waals surface area contributed by atoms with Crippen LogP contribution < -0.4 is 16.4 Å². The Labute approximate surface area is 121 Å². The van der Waals surface area contributed by atoms with Crippen LogP contribution in [0.4, 0.5) is 23.7 Å². The summed E-state index contributed by atoms with van der Waals surface area (Å²) in [5.41, 5.74) is 5.03. The summed E-state index contributed by atoms with van der Waals surface area (Å²) in [6.45, 7) is 3.05. The minimum atomic E-state index is -4.38. The van der Waals surface area contributed by atoms with Gasteiger partial charge >= 0.3 is 12.2 Å². The molecule has 0 saturated carbocycles. The molecule has 2 amide bonds. The number of hydrogen-bond acceptors (Lipinski definition) is 2. The predicted octanol–water partition coefficient (Wildman–Crippen LogP) is 3.20. The van der Waals surface area contributed by atoms with E-state index >= 15 is 0 Å².